The molecule has 0 N–H and O–H groups in total. The summed E-state index contributed by atoms with van der Waals surface area (Å²) in [6, 6.07) is 12.7. The van der Waals surface area contributed by atoms with Crippen molar-refractivity contribution in [3.8, 4) is 34.5 Å². The van der Waals surface area contributed by atoms with Gasteiger partial charge in [-0.05, 0) is 60.7 Å². The molecule has 0 aliphatic rings. The van der Waals surface area contributed by atoms with E-state index in [-0.39, 0.29) is 13.2 Å². The molecule has 546 valence electrons. The predicted molar refractivity (Wildman–Crippen MR) is 399 cm³/mol. The number of unbranched alkanes of at least 4 members (excludes halogenated alkanes) is 36. The van der Waals surface area contributed by atoms with Gasteiger partial charge in [0.2, 0.25) is 0 Å². The fourth-order valence-corrected chi connectivity index (χ4v) is 12.5. The van der Waals surface area contributed by atoms with Gasteiger partial charge in [0.05, 0.1) is 115 Å². The molecule has 0 spiro atoms. The summed E-state index contributed by atoms with van der Waals surface area (Å²) in [5, 5.41) is 3.88. The number of fused-ring (bicyclic) bond motifs is 7. The summed E-state index contributed by atoms with van der Waals surface area (Å²) in [7, 11) is 3.34. The molecule has 0 aliphatic heterocycles. The normalized spacial score (nSPS) is 11.7. The van der Waals surface area contributed by atoms with Crippen molar-refractivity contribution in [2.24, 2.45) is 0 Å². The summed E-state index contributed by atoms with van der Waals surface area (Å²) in [5.41, 5.74) is 2.86. The first-order valence-electron chi connectivity index (χ1n) is 39.3. The summed E-state index contributed by atoms with van der Waals surface area (Å²) in [5.74, 6) is 4.08. The maximum absolute atomic E-state index is 6.92. The van der Waals surface area contributed by atoms with Crippen LogP contribution in [0.4, 0.5) is 0 Å². The Hall–Kier alpha value is -4.44. The van der Waals surface area contributed by atoms with E-state index >= 15 is 0 Å². The van der Waals surface area contributed by atoms with E-state index in [9.17, 15) is 0 Å². The van der Waals surface area contributed by atoms with Crippen LogP contribution in [0.15, 0.2) is 36.4 Å². The molecule has 0 amide bonds. The van der Waals surface area contributed by atoms with Gasteiger partial charge in [-0.2, -0.15) is 0 Å². The summed E-state index contributed by atoms with van der Waals surface area (Å²) < 4.78 is 74.0. The highest BCUT2D eigenvalue weighted by Crippen LogP contribution is 2.45. The van der Waals surface area contributed by atoms with Crippen LogP contribution >= 0.6 is 0 Å². The largest absolute Gasteiger partial charge is 0.490 e. The van der Waals surface area contributed by atoms with Gasteiger partial charge in [-0.3, -0.25) is 0 Å². The molecule has 14 nitrogen and oxygen atoms in total. The van der Waals surface area contributed by atoms with E-state index in [4.69, 9.17) is 66.8 Å². The van der Waals surface area contributed by atoms with Gasteiger partial charge in [0, 0.05) is 37.1 Å². The van der Waals surface area contributed by atoms with Crippen LogP contribution in [0.3, 0.4) is 0 Å². The second-order valence-corrected chi connectivity index (χ2v) is 26.7. The van der Waals surface area contributed by atoms with Crippen molar-refractivity contribution in [3.63, 3.8) is 0 Å². The zero-order chi connectivity index (χ0) is 67.8. The average Bonchev–Trinajstić information content (AvgIpc) is 0.725. The van der Waals surface area contributed by atoms with Crippen molar-refractivity contribution < 1.29 is 56.8 Å². The van der Waals surface area contributed by atoms with E-state index in [1.165, 1.54) is 205 Å². The van der Waals surface area contributed by atoms with E-state index in [2.05, 4.69) is 52.0 Å². The molecule has 0 radical (unpaired) electrons. The molecule has 14 heteroatoms. The van der Waals surface area contributed by atoms with Crippen molar-refractivity contribution in [2.75, 3.05) is 120 Å². The molecular formula is C82H136N2O12. The average molecular weight is 1340 g/mol. The van der Waals surface area contributed by atoms with E-state index in [1.807, 2.05) is 12.1 Å². The number of nitrogens with zero attached hydrogens (tertiary/aromatic N) is 2. The van der Waals surface area contributed by atoms with E-state index in [0.717, 1.165) is 107 Å². The molecule has 5 rings (SSSR count). The number of rotatable bonds is 68. The van der Waals surface area contributed by atoms with Gasteiger partial charge in [-0.15, -0.1) is 0 Å². The Morgan fingerprint density at radius 1 is 0.208 bits per heavy atom. The molecule has 0 fully saturated rings. The number of ether oxygens (including phenoxy) is 12. The molecule has 0 aliphatic carbocycles. The molecule has 1 heterocycles. The first kappa shape index (κ1) is 82.2. The lowest BCUT2D eigenvalue weighted by Gasteiger charge is -2.19. The van der Waals surface area contributed by atoms with Crippen molar-refractivity contribution in [2.45, 2.75) is 285 Å². The second kappa shape index (κ2) is 56.3. The molecule has 4 aromatic carbocycles. The maximum atomic E-state index is 6.92. The van der Waals surface area contributed by atoms with Crippen LogP contribution in [0.25, 0.3) is 43.6 Å². The Morgan fingerprint density at radius 2 is 0.406 bits per heavy atom. The van der Waals surface area contributed by atoms with Gasteiger partial charge in [0.25, 0.3) is 0 Å². The molecule has 0 bridgehead atoms. The minimum atomic E-state index is 0.289. The highest BCUT2D eigenvalue weighted by molar-refractivity contribution is 6.25. The predicted octanol–water partition coefficient (Wildman–Crippen LogP) is 22.4. The Kier molecular flexibility index (Phi) is 48.2. The Labute approximate surface area is 583 Å². The lowest BCUT2D eigenvalue weighted by Crippen LogP contribution is -2.14. The molecule has 0 unspecified atom stereocenters. The van der Waals surface area contributed by atoms with Crippen LogP contribution in [-0.4, -0.2) is 130 Å². The minimum absolute atomic E-state index is 0.289. The first-order valence-corrected chi connectivity index (χ1v) is 39.3. The zero-order valence-corrected chi connectivity index (χ0v) is 61.9. The highest BCUT2D eigenvalue weighted by Gasteiger charge is 2.22. The first-order chi connectivity index (χ1) is 47.6. The zero-order valence-electron chi connectivity index (χ0n) is 61.9. The van der Waals surface area contributed by atoms with Crippen LogP contribution < -0.4 is 28.4 Å². The van der Waals surface area contributed by atoms with Crippen molar-refractivity contribution >= 4 is 43.6 Å². The van der Waals surface area contributed by atoms with Gasteiger partial charge in [-0.25, -0.2) is 9.97 Å². The lowest BCUT2D eigenvalue weighted by molar-refractivity contribution is 0.0160. The molecule has 0 saturated heterocycles. The third-order valence-electron chi connectivity index (χ3n) is 18.3. The lowest BCUT2D eigenvalue weighted by atomic mass is 9.97. The quantitative estimate of drug-likeness (QED) is 0.0207. The van der Waals surface area contributed by atoms with Crippen molar-refractivity contribution in [1.29, 1.82) is 0 Å². The maximum Gasteiger partial charge on any atom is 0.163 e. The van der Waals surface area contributed by atoms with Crippen LogP contribution in [0.2, 0.25) is 0 Å². The number of methoxy groups -OCH3 is 2. The fourth-order valence-electron chi connectivity index (χ4n) is 12.5. The second-order valence-electron chi connectivity index (χ2n) is 26.7. The van der Waals surface area contributed by atoms with Crippen LogP contribution in [0.1, 0.15) is 285 Å². The minimum Gasteiger partial charge on any atom is -0.490 e. The van der Waals surface area contributed by atoms with Gasteiger partial charge >= 0.3 is 0 Å². The summed E-state index contributed by atoms with van der Waals surface area (Å²) in [6.07, 6.45) is 50.5. The highest BCUT2D eigenvalue weighted by atomic mass is 16.6. The van der Waals surface area contributed by atoms with E-state index in [0.29, 0.717) is 115 Å². The standard InChI is InChI=1S/C82H136N2O12/c1-7-11-15-19-23-27-31-35-39-43-47-91-75-63-69-70-64-76(92-48-44-40-36-32-28-24-20-16-12-8-2)78(94-50-46-42-38-34-30-26-22-18-14-10-4)66-72(70)82-81(71(69)65-77(75)93-49-45-41-37-33-29-25-21-17-13-9-3)83-73-67-79(95-61-59-89-57-55-87-53-51-85-5)80(68-74(73)84-82)96-62-60-90-58-56-88-54-52-86-6/h63-68H,7-62H2,1-6H3. The topological polar surface area (TPSA) is 137 Å². The Bertz CT molecular complexity index is 2510. The molecule has 5 aromatic rings. The molecular weight excluding hydrogens is 1200 g/mol. The van der Waals surface area contributed by atoms with Gasteiger partial charge in [0.15, 0.2) is 34.5 Å². The Balaban J connectivity index is 1.56. The number of hydrogen-bond acceptors (Lipinski definition) is 14. The third kappa shape index (κ3) is 35.1. The van der Waals surface area contributed by atoms with Gasteiger partial charge in [0.1, 0.15) is 13.2 Å². The molecule has 96 heavy (non-hydrogen) atoms. The molecule has 0 saturated carbocycles. The number of hydrogen-bond donors (Lipinski definition) is 0. The number of aromatic nitrogens is 2. The third-order valence-corrected chi connectivity index (χ3v) is 18.3. The van der Waals surface area contributed by atoms with Crippen LogP contribution in [0.5, 0.6) is 34.5 Å². The van der Waals surface area contributed by atoms with Crippen LogP contribution in [0, 0.1) is 0 Å². The smallest absolute Gasteiger partial charge is 0.163 e. The van der Waals surface area contributed by atoms with Gasteiger partial charge < -0.3 is 56.8 Å². The molecule has 0 atom stereocenters. The van der Waals surface area contributed by atoms with Crippen LogP contribution in [-0.2, 0) is 28.4 Å². The van der Waals surface area contributed by atoms with Crippen molar-refractivity contribution in [3.05, 3.63) is 36.4 Å². The molecule has 1 aromatic heterocycles. The fraction of sp³-hybridized carbons (Fsp3) is 0.756. The van der Waals surface area contributed by atoms with Crippen molar-refractivity contribution in [1.82, 2.24) is 9.97 Å². The summed E-state index contributed by atoms with van der Waals surface area (Å²) in [4.78, 5) is 11.2. The SMILES string of the molecule is CCCCCCCCCCCCOc1cc2c3cc(OCCCCCCCCCCCC)c(OCCCCCCCCCCCC)cc3c3nc4cc(OCCOCCOCCOC)c(OCCOCCOCCOC)cc4nc3c2cc1OCCCCCCCCCCCC. The Morgan fingerprint density at radius 3 is 0.656 bits per heavy atom. The monoisotopic (exact) mass is 1340 g/mol. The summed E-state index contributed by atoms with van der Waals surface area (Å²) in [6.45, 7) is 16.8. The van der Waals surface area contributed by atoms with E-state index < -0.39 is 0 Å². The number of benzene rings is 4. The summed E-state index contributed by atoms with van der Waals surface area (Å²) >= 11 is 0. The van der Waals surface area contributed by atoms with Gasteiger partial charge in [-0.1, -0.05) is 259 Å². The van der Waals surface area contributed by atoms with E-state index in [1.54, 1.807) is 14.2 Å².